The molecular formula is C24H27N3O3. The Kier molecular flexibility index (Phi) is 5.43. The second kappa shape index (κ2) is 8.50. The van der Waals surface area contributed by atoms with Crippen LogP contribution in [0.5, 0.6) is 11.5 Å². The average Bonchev–Trinajstić information content (AvgIpc) is 3.42. The summed E-state index contributed by atoms with van der Waals surface area (Å²) in [5.74, 6) is 1.57. The van der Waals surface area contributed by atoms with Gasteiger partial charge in [0.05, 0.1) is 18.0 Å². The Labute approximate surface area is 177 Å². The van der Waals surface area contributed by atoms with E-state index in [9.17, 15) is 0 Å². The minimum atomic E-state index is 0.274. The van der Waals surface area contributed by atoms with Crippen molar-refractivity contribution in [1.29, 1.82) is 0 Å². The molecule has 5 rings (SSSR count). The number of fused-ring (bicyclic) bond motifs is 1. The van der Waals surface area contributed by atoms with Crippen LogP contribution < -0.4 is 9.47 Å². The first-order chi connectivity index (χ1) is 14.8. The molecule has 3 heterocycles. The molecule has 156 valence electrons. The Morgan fingerprint density at radius 1 is 1.07 bits per heavy atom. The lowest BCUT2D eigenvalue weighted by atomic mass is 10.0. The zero-order valence-corrected chi connectivity index (χ0v) is 17.3. The van der Waals surface area contributed by atoms with E-state index in [2.05, 4.69) is 29.3 Å². The van der Waals surface area contributed by atoms with Gasteiger partial charge in [0.15, 0.2) is 11.5 Å². The number of ether oxygens (including phenoxy) is 3. The second-order valence-electron chi connectivity index (χ2n) is 7.93. The first-order valence-corrected chi connectivity index (χ1v) is 10.6. The first kappa shape index (κ1) is 19.2. The van der Waals surface area contributed by atoms with Gasteiger partial charge in [-0.05, 0) is 49.7 Å². The van der Waals surface area contributed by atoms with Gasteiger partial charge in [-0.2, -0.15) is 5.10 Å². The normalized spacial score (nSPS) is 18.6. The Morgan fingerprint density at radius 2 is 1.93 bits per heavy atom. The summed E-state index contributed by atoms with van der Waals surface area (Å²) < 4.78 is 18.6. The third kappa shape index (κ3) is 3.80. The largest absolute Gasteiger partial charge is 0.454 e. The molecule has 0 bridgehead atoms. The number of rotatable bonds is 6. The van der Waals surface area contributed by atoms with E-state index in [0.29, 0.717) is 6.04 Å². The fourth-order valence-corrected chi connectivity index (χ4v) is 4.39. The fourth-order valence-electron chi connectivity index (χ4n) is 4.39. The maximum atomic E-state index is 5.61. The number of nitrogens with zero attached hydrogens (tertiary/aromatic N) is 3. The molecule has 2 aromatic carbocycles. The lowest BCUT2D eigenvalue weighted by Gasteiger charge is -2.35. The maximum absolute atomic E-state index is 5.61. The van der Waals surface area contributed by atoms with E-state index in [1.807, 2.05) is 35.0 Å². The van der Waals surface area contributed by atoms with E-state index in [4.69, 9.17) is 19.3 Å². The number of benzene rings is 2. The molecule has 2 aliphatic rings. The molecule has 0 saturated carbocycles. The molecule has 1 atom stereocenters. The number of methoxy groups -OCH3 is 1. The number of para-hydroxylation sites is 1. The van der Waals surface area contributed by atoms with Crippen molar-refractivity contribution in [2.24, 2.45) is 0 Å². The van der Waals surface area contributed by atoms with Crippen LogP contribution in [0.4, 0.5) is 0 Å². The number of piperidine rings is 1. The number of hydrogen-bond donors (Lipinski definition) is 0. The molecule has 0 spiro atoms. The number of likely N-dealkylation sites (tertiary alicyclic amines) is 1. The maximum Gasteiger partial charge on any atom is 0.231 e. The summed E-state index contributed by atoms with van der Waals surface area (Å²) in [5.41, 5.74) is 4.29. The van der Waals surface area contributed by atoms with Crippen molar-refractivity contribution in [3.05, 3.63) is 60.3 Å². The standard InChI is InChI=1S/C24H27N3O3/c1-28-16-21-9-5-6-12-26(21)14-19-15-27(20-7-3-2-4-8-20)25-24(19)18-10-11-22-23(13-18)30-17-29-22/h2-4,7-8,10-11,13,15,21H,5-6,9,12,14,16-17H2,1H3/t21-/m0/s1. The van der Waals surface area contributed by atoms with Crippen LogP contribution in [0.1, 0.15) is 24.8 Å². The summed E-state index contributed by atoms with van der Waals surface area (Å²) in [7, 11) is 1.79. The molecule has 3 aromatic rings. The van der Waals surface area contributed by atoms with Crippen molar-refractivity contribution in [3.63, 3.8) is 0 Å². The average molecular weight is 405 g/mol. The van der Waals surface area contributed by atoms with Gasteiger partial charge in [-0.25, -0.2) is 4.68 Å². The van der Waals surface area contributed by atoms with Gasteiger partial charge >= 0.3 is 0 Å². The first-order valence-electron chi connectivity index (χ1n) is 10.6. The van der Waals surface area contributed by atoms with Gasteiger partial charge in [0, 0.05) is 37.0 Å². The molecular weight excluding hydrogens is 378 g/mol. The van der Waals surface area contributed by atoms with Crippen LogP contribution in [0, 0.1) is 0 Å². The van der Waals surface area contributed by atoms with Crippen molar-refractivity contribution in [1.82, 2.24) is 14.7 Å². The molecule has 0 unspecified atom stereocenters. The molecule has 0 amide bonds. The Morgan fingerprint density at radius 3 is 2.80 bits per heavy atom. The Bertz CT molecular complexity index is 1000. The summed E-state index contributed by atoms with van der Waals surface area (Å²) in [5, 5.41) is 4.98. The molecule has 0 aliphatic carbocycles. The monoisotopic (exact) mass is 405 g/mol. The second-order valence-corrected chi connectivity index (χ2v) is 7.93. The molecule has 6 nitrogen and oxygen atoms in total. The van der Waals surface area contributed by atoms with Crippen LogP contribution in [-0.2, 0) is 11.3 Å². The number of hydrogen-bond acceptors (Lipinski definition) is 5. The van der Waals surface area contributed by atoms with E-state index >= 15 is 0 Å². The predicted octanol–water partition coefficient (Wildman–Crippen LogP) is 4.27. The highest BCUT2D eigenvalue weighted by Gasteiger charge is 2.25. The minimum Gasteiger partial charge on any atom is -0.454 e. The summed E-state index contributed by atoms with van der Waals surface area (Å²) >= 11 is 0. The fraction of sp³-hybridized carbons (Fsp3) is 0.375. The van der Waals surface area contributed by atoms with Crippen LogP contribution in [0.25, 0.3) is 16.9 Å². The molecule has 0 N–H and O–H groups in total. The van der Waals surface area contributed by atoms with Gasteiger partial charge in [0.25, 0.3) is 0 Å². The van der Waals surface area contributed by atoms with E-state index in [1.54, 1.807) is 7.11 Å². The molecule has 6 heteroatoms. The summed E-state index contributed by atoms with van der Waals surface area (Å²) in [6.45, 7) is 2.98. The van der Waals surface area contributed by atoms with Crippen molar-refractivity contribution >= 4 is 0 Å². The highest BCUT2D eigenvalue weighted by atomic mass is 16.7. The SMILES string of the molecule is COC[C@@H]1CCCCN1Cc1cn(-c2ccccc2)nc1-c1ccc2c(c1)OCO2. The molecule has 1 saturated heterocycles. The molecule has 2 aliphatic heterocycles. The zero-order chi connectivity index (χ0) is 20.3. The van der Waals surface area contributed by atoms with Crippen LogP contribution >= 0.6 is 0 Å². The van der Waals surface area contributed by atoms with Crippen molar-refractivity contribution < 1.29 is 14.2 Å². The quantitative estimate of drug-likeness (QED) is 0.613. The van der Waals surface area contributed by atoms with Crippen LogP contribution in [0.15, 0.2) is 54.7 Å². The minimum absolute atomic E-state index is 0.274. The van der Waals surface area contributed by atoms with Crippen LogP contribution in [0.2, 0.25) is 0 Å². The highest BCUT2D eigenvalue weighted by Crippen LogP contribution is 2.37. The van der Waals surface area contributed by atoms with E-state index in [0.717, 1.165) is 48.1 Å². The third-order valence-electron chi connectivity index (χ3n) is 5.94. The molecule has 1 fully saturated rings. The predicted molar refractivity (Wildman–Crippen MR) is 115 cm³/mol. The van der Waals surface area contributed by atoms with Gasteiger partial charge in [0.1, 0.15) is 0 Å². The lowest BCUT2D eigenvalue weighted by Crippen LogP contribution is -2.41. The molecule has 1 aromatic heterocycles. The Balaban J connectivity index is 1.52. The van der Waals surface area contributed by atoms with E-state index < -0.39 is 0 Å². The molecule has 0 radical (unpaired) electrons. The summed E-state index contributed by atoms with van der Waals surface area (Å²) in [6, 6.07) is 16.8. The highest BCUT2D eigenvalue weighted by molar-refractivity contribution is 5.67. The van der Waals surface area contributed by atoms with Gasteiger partial charge in [0.2, 0.25) is 6.79 Å². The molecule has 30 heavy (non-hydrogen) atoms. The third-order valence-corrected chi connectivity index (χ3v) is 5.94. The van der Waals surface area contributed by atoms with Crippen LogP contribution in [0.3, 0.4) is 0 Å². The smallest absolute Gasteiger partial charge is 0.231 e. The zero-order valence-electron chi connectivity index (χ0n) is 17.3. The van der Waals surface area contributed by atoms with Crippen LogP contribution in [-0.4, -0.2) is 47.8 Å². The van der Waals surface area contributed by atoms with Crippen molar-refractivity contribution in [2.75, 3.05) is 27.1 Å². The van der Waals surface area contributed by atoms with E-state index in [-0.39, 0.29) is 6.79 Å². The summed E-state index contributed by atoms with van der Waals surface area (Å²) in [4.78, 5) is 2.54. The summed E-state index contributed by atoms with van der Waals surface area (Å²) in [6.07, 6.45) is 5.84. The van der Waals surface area contributed by atoms with Crippen molar-refractivity contribution in [3.8, 4) is 28.4 Å². The number of aromatic nitrogens is 2. The van der Waals surface area contributed by atoms with Gasteiger partial charge in [-0.15, -0.1) is 0 Å². The Hall–Kier alpha value is -2.83. The van der Waals surface area contributed by atoms with E-state index in [1.165, 1.54) is 24.8 Å². The van der Waals surface area contributed by atoms with Crippen molar-refractivity contribution in [2.45, 2.75) is 31.8 Å². The lowest BCUT2D eigenvalue weighted by molar-refractivity contribution is 0.0601. The van der Waals surface area contributed by atoms with Gasteiger partial charge < -0.3 is 14.2 Å². The van der Waals surface area contributed by atoms with Gasteiger partial charge in [-0.1, -0.05) is 24.6 Å². The van der Waals surface area contributed by atoms with Gasteiger partial charge in [-0.3, -0.25) is 4.90 Å². The topological polar surface area (TPSA) is 48.8 Å².